The number of sulfonamides is 1. The molecule has 7 N–H and O–H groups in total. The second-order valence-electron chi connectivity index (χ2n) is 22.2. The maximum atomic E-state index is 15.2. The van der Waals surface area contributed by atoms with Gasteiger partial charge in [-0.05, 0) is 79.1 Å². The minimum Gasteiger partial charge on any atom is -0.459 e. The maximum Gasteiger partial charge on any atom is 0.414 e. The molecule has 0 saturated carbocycles. The van der Waals surface area contributed by atoms with E-state index in [-0.39, 0.29) is 51.0 Å². The average Bonchev–Trinajstić information content (AvgIpc) is 3.76. The first-order valence-corrected chi connectivity index (χ1v) is 28.0. The Morgan fingerprint density at radius 3 is 2.22 bits per heavy atom. The lowest BCUT2D eigenvalue weighted by Crippen LogP contribution is -2.61. The number of amides is 1. The number of carbonyl (C=O) groups excluding carboxylic acids is 3. The second-order valence-corrected chi connectivity index (χ2v) is 24.1. The lowest BCUT2D eigenvalue weighted by Gasteiger charge is -2.49. The molecule has 23 nitrogen and oxygen atoms in total. The molecule has 434 valence electrons. The summed E-state index contributed by atoms with van der Waals surface area (Å²) in [5.74, 6) is -6.95. The van der Waals surface area contributed by atoms with Gasteiger partial charge in [0, 0.05) is 63.5 Å². The molecule has 1 aromatic carbocycles. The van der Waals surface area contributed by atoms with Crippen molar-refractivity contribution < 1.29 is 95.7 Å². The summed E-state index contributed by atoms with van der Waals surface area (Å²) in [5.41, 5.74) is -4.89. The molecule has 0 aliphatic carbocycles. The van der Waals surface area contributed by atoms with Gasteiger partial charge in [-0.2, -0.15) is 0 Å². The molecule has 0 radical (unpaired) electrons. The molecular formula is C51H83FN4O19S. The van der Waals surface area contributed by atoms with Crippen LogP contribution in [0.1, 0.15) is 88.0 Å². The van der Waals surface area contributed by atoms with Crippen LogP contribution in [0.15, 0.2) is 18.2 Å². The molecule has 1 aromatic rings. The highest BCUT2D eigenvalue weighted by atomic mass is 32.2. The SMILES string of the molecule is CC[C@H]1OC(=O)[C@H](C)[C@@H](O[C@H]2C[C@@](C)(OC)[C@@H](O)[C@H](O)O2)[C@H](C)[C@@H](O[C@@H]2O[C@H](C)C[C@H](N(C)CCS(=O)(=O)NC[C@H]3CN(c4ccc(N5CCOCC5)c(F)c4)C(=O)O3)[C@H]2O)[C@](C)(O)C[C@@H](C)C(=O)[C@H](C)[C@@H](O)[C@]1(C)O. The summed E-state index contributed by atoms with van der Waals surface area (Å²) in [7, 11) is -1.08. The Morgan fingerprint density at radius 1 is 0.921 bits per heavy atom. The van der Waals surface area contributed by atoms with Crippen LogP contribution in [-0.2, 0) is 57.5 Å². The second kappa shape index (κ2) is 25.0. The number of aliphatic hydroxyl groups is 6. The number of methoxy groups -OCH3 is 1. The number of morpholine rings is 1. The average molecular weight is 1110 g/mol. The molecular weight excluding hydrogens is 1020 g/mol. The van der Waals surface area contributed by atoms with Gasteiger partial charge in [0.2, 0.25) is 10.0 Å². The van der Waals surface area contributed by atoms with Crippen LogP contribution in [0, 0.1) is 29.5 Å². The van der Waals surface area contributed by atoms with Crippen LogP contribution in [0.4, 0.5) is 20.6 Å². The Kier molecular flexibility index (Phi) is 20.4. The van der Waals surface area contributed by atoms with Gasteiger partial charge in [-0.25, -0.2) is 22.3 Å². The number of cyclic esters (lactones) is 2. The molecule has 0 bridgehead atoms. The molecule has 25 heteroatoms. The van der Waals surface area contributed by atoms with Crippen molar-refractivity contribution in [1.82, 2.24) is 9.62 Å². The smallest absolute Gasteiger partial charge is 0.414 e. The molecule has 76 heavy (non-hydrogen) atoms. The van der Waals surface area contributed by atoms with Crippen molar-refractivity contribution >= 4 is 39.2 Å². The Balaban J connectivity index is 1.19. The van der Waals surface area contributed by atoms with Crippen molar-refractivity contribution in [2.45, 2.75) is 179 Å². The van der Waals surface area contributed by atoms with Gasteiger partial charge in [-0.1, -0.05) is 27.7 Å². The first-order chi connectivity index (χ1) is 35.4. The van der Waals surface area contributed by atoms with Gasteiger partial charge < -0.3 is 73.4 Å². The van der Waals surface area contributed by atoms with E-state index in [9.17, 15) is 53.4 Å². The third kappa shape index (κ3) is 14.0. The van der Waals surface area contributed by atoms with Crippen LogP contribution in [0.2, 0.25) is 0 Å². The number of anilines is 2. The van der Waals surface area contributed by atoms with E-state index in [0.717, 1.165) is 0 Å². The van der Waals surface area contributed by atoms with E-state index < -0.39 is 154 Å². The molecule has 1 amide bonds. The molecule has 5 aliphatic rings. The Morgan fingerprint density at radius 2 is 1.59 bits per heavy atom. The van der Waals surface area contributed by atoms with Gasteiger partial charge >= 0.3 is 12.1 Å². The topological polar surface area (TPSA) is 302 Å². The standard InChI is InChI=1S/C51H83FN4O19S/c1-12-37-51(9,65)42(59)29(4)39(57)27(2)23-49(7,64)44(30(5)41(31(6)45(61)72-37)73-38-24-50(8,68-11)43(60)46(62)74-38)75-47-40(58)36(21-28(3)70-47)54(10)17-20-76(66,67)53-25-33-26-56(48(63)71-33)32-13-14-35(34(52)22-32)55-15-18-69-19-16-55/h13-14,22,27-31,33,36-38,40-44,46-47,53,58-60,62,64-65H,12,15-21,23-26H2,1-11H3/t27-,28-,29+,30+,31-,33+,36+,37-,38-,40-,41+,42-,43+,44-,46-,47+,49-,50-,51-/m1/s1. The van der Waals surface area contributed by atoms with E-state index in [1.165, 1.54) is 52.7 Å². The van der Waals surface area contributed by atoms with Crippen molar-refractivity contribution in [2.75, 3.05) is 75.6 Å². The Hall–Kier alpha value is -3.25. The lowest BCUT2D eigenvalue weighted by atomic mass is 9.74. The minimum absolute atomic E-state index is 0.0306. The van der Waals surface area contributed by atoms with Crippen LogP contribution >= 0.6 is 0 Å². The van der Waals surface area contributed by atoms with E-state index >= 15 is 4.39 Å². The van der Waals surface area contributed by atoms with Crippen molar-refractivity contribution in [3.05, 3.63) is 24.0 Å². The fourth-order valence-corrected chi connectivity index (χ4v) is 12.5. The summed E-state index contributed by atoms with van der Waals surface area (Å²) in [6, 6.07) is 3.63. The van der Waals surface area contributed by atoms with Crippen LogP contribution < -0.4 is 14.5 Å². The predicted molar refractivity (Wildman–Crippen MR) is 271 cm³/mol. The van der Waals surface area contributed by atoms with E-state index in [0.29, 0.717) is 32.0 Å². The monoisotopic (exact) mass is 1110 g/mol. The van der Waals surface area contributed by atoms with Gasteiger partial charge in [0.1, 0.15) is 47.2 Å². The fraction of sp³-hybridized carbons (Fsp3) is 0.824. The molecule has 5 aliphatic heterocycles. The zero-order chi connectivity index (χ0) is 56.4. The van der Waals surface area contributed by atoms with Gasteiger partial charge in [0.05, 0.1) is 72.8 Å². The highest BCUT2D eigenvalue weighted by Crippen LogP contribution is 2.41. The summed E-state index contributed by atoms with van der Waals surface area (Å²) in [4.78, 5) is 46.0. The number of hydrogen-bond acceptors (Lipinski definition) is 21. The number of nitrogens with one attached hydrogen (secondary N) is 1. The van der Waals surface area contributed by atoms with Crippen LogP contribution in [0.5, 0.6) is 0 Å². The fourth-order valence-electron chi connectivity index (χ4n) is 11.3. The highest BCUT2D eigenvalue weighted by molar-refractivity contribution is 7.89. The number of ether oxygens (including phenoxy) is 8. The largest absolute Gasteiger partial charge is 0.459 e. The number of rotatable bonds is 15. The van der Waals surface area contributed by atoms with E-state index in [4.69, 9.17) is 37.9 Å². The number of benzene rings is 1. The number of esters is 1. The van der Waals surface area contributed by atoms with Crippen molar-refractivity contribution in [3.63, 3.8) is 0 Å². The van der Waals surface area contributed by atoms with Crippen molar-refractivity contribution in [3.8, 4) is 0 Å². The summed E-state index contributed by atoms with van der Waals surface area (Å²) < 4.78 is 92.0. The van der Waals surface area contributed by atoms with E-state index in [1.807, 2.05) is 4.90 Å². The van der Waals surface area contributed by atoms with E-state index in [2.05, 4.69) is 4.72 Å². The molecule has 0 spiro atoms. The molecule has 19 atom stereocenters. The molecule has 6 rings (SSSR count). The van der Waals surface area contributed by atoms with Crippen LogP contribution in [0.25, 0.3) is 0 Å². The van der Waals surface area contributed by atoms with Gasteiger partial charge in [0.25, 0.3) is 0 Å². The number of carbonyl (C=O) groups is 3. The number of halogens is 1. The van der Waals surface area contributed by atoms with Gasteiger partial charge in [-0.15, -0.1) is 0 Å². The molecule has 0 unspecified atom stereocenters. The molecule has 0 aromatic heterocycles. The maximum absolute atomic E-state index is 15.2. The zero-order valence-corrected chi connectivity index (χ0v) is 46.4. The van der Waals surface area contributed by atoms with Crippen LogP contribution in [0.3, 0.4) is 0 Å². The number of ketones is 1. The Labute approximate surface area is 445 Å². The number of likely N-dealkylation sites (N-methyl/N-ethyl adjacent to an activating group) is 1. The van der Waals surface area contributed by atoms with Gasteiger partial charge in [0.15, 0.2) is 18.9 Å². The highest BCUT2D eigenvalue weighted by Gasteiger charge is 2.54. The van der Waals surface area contributed by atoms with E-state index in [1.54, 1.807) is 51.8 Å². The quantitative estimate of drug-likeness (QED) is 0.121. The number of hydrogen-bond donors (Lipinski definition) is 7. The normalized spacial score (nSPS) is 40.7. The summed E-state index contributed by atoms with van der Waals surface area (Å²) in [5, 5.41) is 69.6. The zero-order valence-electron chi connectivity index (χ0n) is 45.6. The predicted octanol–water partition coefficient (Wildman–Crippen LogP) is 1.01. The Bertz CT molecular complexity index is 2260. The minimum atomic E-state index is -4.03. The van der Waals surface area contributed by atoms with Crippen LogP contribution in [-0.4, -0.2) is 218 Å². The van der Waals surface area contributed by atoms with Gasteiger partial charge in [-0.3, -0.25) is 19.4 Å². The lowest BCUT2D eigenvalue weighted by molar-refractivity contribution is -0.348. The number of nitrogens with zero attached hydrogens (tertiary/aromatic N) is 3. The first-order valence-electron chi connectivity index (χ1n) is 26.3. The first kappa shape index (κ1) is 62.0. The third-order valence-corrected chi connectivity index (χ3v) is 17.5. The number of aliphatic hydroxyl groups excluding tert-OH is 4. The number of Topliss-reactive ketones (excluding diaryl/α,β-unsaturated/α-hetero) is 1. The molecule has 5 heterocycles. The van der Waals surface area contributed by atoms with Crippen molar-refractivity contribution in [2.24, 2.45) is 23.7 Å². The summed E-state index contributed by atoms with van der Waals surface area (Å²) in [6.45, 7) is 15.2. The summed E-state index contributed by atoms with van der Waals surface area (Å²) in [6.07, 6.45) is -16.0. The molecule has 5 fully saturated rings. The molecule has 5 saturated heterocycles. The summed E-state index contributed by atoms with van der Waals surface area (Å²) >= 11 is 0. The van der Waals surface area contributed by atoms with Crippen molar-refractivity contribution in [1.29, 1.82) is 0 Å². The third-order valence-electron chi connectivity index (χ3n) is 16.2.